The minimum absolute atomic E-state index is 0.172. The lowest BCUT2D eigenvalue weighted by Gasteiger charge is -2.10. The number of carbonyl (C=O) groups excluding carboxylic acids is 1. The molecule has 0 aliphatic rings. The highest BCUT2D eigenvalue weighted by Crippen LogP contribution is 2.28. The average molecular weight is 456 g/mol. The number of nitrogens with zero attached hydrogens (tertiary/aromatic N) is 4. The molecule has 1 N–H and O–H groups in total. The van der Waals surface area contributed by atoms with Gasteiger partial charge in [-0.3, -0.25) is 9.36 Å². The van der Waals surface area contributed by atoms with Crippen molar-refractivity contribution in [3.63, 3.8) is 0 Å². The zero-order chi connectivity index (χ0) is 23.0. The van der Waals surface area contributed by atoms with Crippen LogP contribution in [-0.4, -0.2) is 32.6 Å². The number of hydrogen-bond donors (Lipinski definition) is 1. The fourth-order valence-corrected chi connectivity index (χ4v) is 3.99. The van der Waals surface area contributed by atoms with Crippen LogP contribution in [0.3, 0.4) is 0 Å². The summed E-state index contributed by atoms with van der Waals surface area (Å²) in [5.41, 5.74) is 7.87. The van der Waals surface area contributed by atoms with Crippen LogP contribution < -0.4 is 5.43 Å². The second-order valence-corrected chi connectivity index (χ2v) is 8.46. The molecular weight excluding hydrogens is 430 g/mol. The maximum atomic E-state index is 12.4. The van der Waals surface area contributed by atoms with Crippen molar-refractivity contribution in [1.82, 2.24) is 20.2 Å². The molecule has 6 nitrogen and oxygen atoms in total. The number of para-hydroxylation sites is 1. The minimum atomic E-state index is -0.207. The number of nitrogens with one attached hydrogen (secondary N) is 1. The van der Waals surface area contributed by atoms with Crippen molar-refractivity contribution >= 4 is 23.9 Å². The standard InChI is InChI=1S/C26H25N5OS/c1-3-20-11-13-21(14-12-20)17-27-28-24(32)18-33-26-30-29-25(22-15-9-19(2)10-16-22)31(26)23-7-5-4-6-8-23/h4-17H,3,18H2,1-2H3,(H,28,32)/b27-17+. The van der Waals surface area contributed by atoms with Crippen LogP contribution in [0.15, 0.2) is 89.1 Å². The number of thioether (sulfide) groups is 1. The number of hydrazone groups is 1. The molecule has 0 unspecified atom stereocenters. The van der Waals surface area contributed by atoms with Gasteiger partial charge in [0.25, 0.3) is 5.91 Å². The Morgan fingerprint density at radius 3 is 2.42 bits per heavy atom. The van der Waals surface area contributed by atoms with Gasteiger partial charge in [0.1, 0.15) is 0 Å². The van der Waals surface area contributed by atoms with Gasteiger partial charge in [-0.1, -0.05) is 91.0 Å². The Balaban J connectivity index is 1.46. The fourth-order valence-electron chi connectivity index (χ4n) is 3.24. The summed E-state index contributed by atoms with van der Waals surface area (Å²) >= 11 is 1.32. The fraction of sp³-hybridized carbons (Fsp3) is 0.154. The molecule has 4 rings (SSSR count). The number of rotatable bonds is 8. The van der Waals surface area contributed by atoms with Crippen LogP contribution in [0.4, 0.5) is 0 Å². The van der Waals surface area contributed by atoms with Gasteiger partial charge >= 0.3 is 0 Å². The van der Waals surface area contributed by atoms with Crippen molar-refractivity contribution in [3.8, 4) is 17.1 Å². The number of amides is 1. The second-order valence-electron chi connectivity index (χ2n) is 7.52. The molecule has 1 heterocycles. The Morgan fingerprint density at radius 2 is 1.73 bits per heavy atom. The molecule has 1 amide bonds. The maximum Gasteiger partial charge on any atom is 0.250 e. The molecule has 1 aromatic heterocycles. The summed E-state index contributed by atoms with van der Waals surface area (Å²) in [4.78, 5) is 12.4. The predicted octanol–water partition coefficient (Wildman–Crippen LogP) is 5.05. The molecule has 0 fully saturated rings. The van der Waals surface area contributed by atoms with E-state index in [2.05, 4.69) is 39.8 Å². The molecule has 3 aromatic carbocycles. The molecule has 0 aliphatic heterocycles. The summed E-state index contributed by atoms with van der Waals surface area (Å²) in [7, 11) is 0. The SMILES string of the molecule is CCc1ccc(/C=N/NC(=O)CSc2nnc(-c3ccc(C)cc3)n2-c2ccccc2)cc1. The highest BCUT2D eigenvalue weighted by molar-refractivity contribution is 7.99. The van der Waals surface area contributed by atoms with Gasteiger partial charge in [-0.2, -0.15) is 5.10 Å². The van der Waals surface area contributed by atoms with Gasteiger partial charge in [0, 0.05) is 11.3 Å². The molecule has 0 atom stereocenters. The second kappa shape index (κ2) is 10.7. The Labute approximate surface area is 197 Å². The molecule has 0 bridgehead atoms. The van der Waals surface area contributed by atoms with Crippen molar-refractivity contribution in [1.29, 1.82) is 0 Å². The lowest BCUT2D eigenvalue weighted by Crippen LogP contribution is -2.20. The molecule has 0 spiro atoms. The topological polar surface area (TPSA) is 72.2 Å². The average Bonchev–Trinajstić information content (AvgIpc) is 3.28. The zero-order valence-electron chi connectivity index (χ0n) is 18.6. The summed E-state index contributed by atoms with van der Waals surface area (Å²) in [5.74, 6) is 0.698. The third kappa shape index (κ3) is 5.75. The molecule has 0 saturated heterocycles. The Bertz CT molecular complexity index is 1230. The molecule has 166 valence electrons. The van der Waals surface area contributed by atoms with Crippen LogP contribution in [0.1, 0.15) is 23.6 Å². The summed E-state index contributed by atoms with van der Waals surface area (Å²) in [6.07, 6.45) is 2.63. The Morgan fingerprint density at radius 1 is 1.00 bits per heavy atom. The minimum Gasteiger partial charge on any atom is -0.272 e. The van der Waals surface area contributed by atoms with E-state index in [-0.39, 0.29) is 11.7 Å². The van der Waals surface area contributed by atoms with E-state index in [1.165, 1.54) is 22.9 Å². The van der Waals surface area contributed by atoms with Gasteiger partial charge < -0.3 is 0 Å². The lowest BCUT2D eigenvalue weighted by molar-refractivity contribution is -0.118. The van der Waals surface area contributed by atoms with E-state index in [1.807, 2.05) is 78.2 Å². The number of hydrogen-bond acceptors (Lipinski definition) is 5. The van der Waals surface area contributed by atoms with E-state index >= 15 is 0 Å². The highest BCUT2D eigenvalue weighted by atomic mass is 32.2. The summed E-state index contributed by atoms with van der Waals surface area (Å²) < 4.78 is 1.97. The molecule has 4 aromatic rings. The van der Waals surface area contributed by atoms with Crippen LogP contribution in [0.5, 0.6) is 0 Å². The van der Waals surface area contributed by atoms with E-state index in [0.717, 1.165) is 29.1 Å². The molecule has 0 saturated carbocycles. The number of carbonyl (C=O) groups is 1. The van der Waals surface area contributed by atoms with Crippen LogP contribution in [0, 0.1) is 6.92 Å². The van der Waals surface area contributed by atoms with Crippen LogP contribution in [0.25, 0.3) is 17.1 Å². The first kappa shape index (κ1) is 22.5. The van der Waals surface area contributed by atoms with E-state index in [0.29, 0.717) is 5.16 Å². The summed E-state index contributed by atoms with van der Waals surface area (Å²) in [6, 6.07) is 26.1. The van der Waals surface area contributed by atoms with Gasteiger partial charge in [0.15, 0.2) is 11.0 Å². The van der Waals surface area contributed by atoms with Crippen LogP contribution in [0.2, 0.25) is 0 Å². The van der Waals surface area contributed by atoms with Gasteiger partial charge in [-0.05, 0) is 36.6 Å². The number of benzene rings is 3. The first-order valence-corrected chi connectivity index (χ1v) is 11.7. The zero-order valence-corrected chi connectivity index (χ0v) is 19.4. The van der Waals surface area contributed by atoms with Crippen molar-refractivity contribution in [2.24, 2.45) is 5.10 Å². The van der Waals surface area contributed by atoms with E-state index in [9.17, 15) is 4.79 Å². The van der Waals surface area contributed by atoms with Gasteiger partial charge in [-0.25, -0.2) is 5.43 Å². The Hall–Kier alpha value is -3.71. The first-order valence-electron chi connectivity index (χ1n) is 10.8. The molecular formula is C26H25N5OS. The highest BCUT2D eigenvalue weighted by Gasteiger charge is 2.17. The molecule has 0 aliphatic carbocycles. The quantitative estimate of drug-likeness (QED) is 0.229. The maximum absolute atomic E-state index is 12.4. The molecule has 7 heteroatoms. The molecule has 0 radical (unpaired) electrons. The van der Waals surface area contributed by atoms with E-state index in [4.69, 9.17) is 0 Å². The lowest BCUT2D eigenvalue weighted by atomic mass is 10.1. The van der Waals surface area contributed by atoms with Gasteiger partial charge in [0.2, 0.25) is 0 Å². The van der Waals surface area contributed by atoms with Crippen molar-refractivity contribution < 1.29 is 4.79 Å². The predicted molar refractivity (Wildman–Crippen MR) is 134 cm³/mol. The van der Waals surface area contributed by atoms with Crippen molar-refractivity contribution in [2.75, 3.05) is 5.75 Å². The van der Waals surface area contributed by atoms with E-state index in [1.54, 1.807) is 6.21 Å². The third-order valence-corrected chi connectivity index (χ3v) is 6.01. The third-order valence-electron chi connectivity index (χ3n) is 5.08. The summed E-state index contributed by atoms with van der Waals surface area (Å²) in [6.45, 7) is 4.16. The van der Waals surface area contributed by atoms with Gasteiger partial charge in [-0.15, -0.1) is 10.2 Å². The largest absolute Gasteiger partial charge is 0.272 e. The number of aromatic nitrogens is 3. The van der Waals surface area contributed by atoms with E-state index < -0.39 is 0 Å². The summed E-state index contributed by atoms with van der Waals surface area (Å²) in [5, 5.41) is 13.5. The van der Waals surface area contributed by atoms with Crippen molar-refractivity contribution in [3.05, 3.63) is 95.6 Å². The van der Waals surface area contributed by atoms with Crippen molar-refractivity contribution in [2.45, 2.75) is 25.4 Å². The smallest absolute Gasteiger partial charge is 0.250 e. The van der Waals surface area contributed by atoms with Crippen LogP contribution in [-0.2, 0) is 11.2 Å². The first-order chi connectivity index (χ1) is 16.1. The molecule has 33 heavy (non-hydrogen) atoms. The monoisotopic (exact) mass is 455 g/mol. The normalized spacial score (nSPS) is 11.1. The Kier molecular flexibility index (Phi) is 7.32. The van der Waals surface area contributed by atoms with Crippen LogP contribution >= 0.6 is 11.8 Å². The number of aryl methyl sites for hydroxylation is 2. The van der Waals surface area contributed by atoms with Gasteiger partial charge in [0.05, 0.1) is 12.0 Å².